The van der Waals surface area contributed by atoms with E-state index in [0.29, 0.717) is 0 Å². The van der Waals surface area contributed by atoms with E-state index >= 15 is 0 Å². The molecule has 28 heavy (non-hydrogen) atoms. The lowest BCUT2D eigenvalue weighted by Crippen LogP contribution is -2.31. The van der Waals surface area contributed by atoms with Crippen LogP contribution in [0.15, 0.2) is 53.4 Å². The molecular formula is C18H18N2O7S. The van der Waals surface area contributed by atoms with Gasteiger partial charge in [-0.15, -0.1) is 0 Å². The Morgan fingerprint density at radius 1 is 1.18 bits per heavy atom. The maximum absolute atomic E-state index is 12.1. The standard InChI is InChI=1S/C18H18N2O7S/c1-12(13-6-4-3-5-7-13)19-17(21)11-27-18(22)14-8-9-16(28(2,25)26)15(10-14)20(23)24/h3-10,12H,11H2,1-2H3,(H,19,21). The van der Waals surface area contributed by atoms with Gasteiger partial charge in [-0.05, 0) is 24.6 Å². The van der Waals surface area contributed by atoms with Crippen LogP contribution in [0.3, 0.4) is 0 Å². The molecule has 0 radical (unpaired) electrons. The zero-order valence-corrected chi connectivity index (χ0v) is 15.9. The number of nitrogens with one attached hydrogen (secondary N) is 1. The number of hydrogen-bond donors (Lipinski definition) is 1. The lowest BCUT2D eigenvalue weighted by Gasteiger charge is -2.14. The molecule has 2 aromatic carbocycles. The van der Waals surface area contributed by atoms with E-state index in [-0.39, 0.29) is 11.6 Å². The molecule has 1 amide bonds. The molecule has 2 rings (SSSR count). The summed E-state index contributed by atoms with van der Waals surface area (Å²) >= 11 is 0. The van der Waals surface area contributed by atoms with Crippen molar-refractivity contribution in [2.24, 2.45) is 0 Å². The quantitative estimate of drug-likeness (QED) is 0.422. The number of amides is 1. The SMILES string of the molecule is CC(NC(=O)COC(=O)c1ccc(S(C)(=O)=O)c([N+](=O)[O-])c1)c1ccccc1. The van der Waals surface area contributed by atoms with Gasteiger partial charge in [-0.2, -0.15) is 0 Å². The molecule has 10 heteroatoms. The van der Waals surface area contributed by atoms with Crippen molar-refractivity contribution < 1.29 is 27.7 Å². The summed E-state index contributed by atoms with van der Waals surface area (Å²) in [6.45, 7) is 1.18. The monoisotopic (exact) mass is 406 g/mol. The van der Waals surface area contributed by atoms with Gasteiger partial charge in [0.15, 0.2) is 16.4 Å². The average Bonchev–Trinajstić information content (AvgIpc) is 2.65. The van der Waals surface area contributed by atoms with Crippen molar-refractivity contribution in [3.63, 3.8) is 0 Å². The second-order valence-electron chi connectivity index (χ2n) is 5.99. The van der Waals surface area contributed by atoms with Crippen molar-refractivity contribution >= 4 is 27.4 Å². The van der Waals surface area contributed by atoms with Gasteiger partial charge in [0.1, 0.15) is 4.90 Å². The third kappa shape index (κ3) is 5.36. The molecule has 0 aliphatic rings. The van der Waals surface area contributed by atoms with Crippen LogP contribution >= 0.6 is 0 Å². The van der Waals surface area contributed by atoms with Gasteiger partial charge in [-0.1, -0.05) is 30.3 Å². The third-order valence-corrected chi connectivity index (χ3v) is 4.95. The smallest absolute Gasteiger partial charge is 0.338 e. The number of nitrogens with zero attached hydrogens (tertiary/aromatic N) is 1. The van der Waals surface area contributed by atoms with Crippen LogP contribution in [0, 0.1) is 10.1 Å². The molecule has 1 N–H and O–H groups in total. The highest BCUT2D eigenvalue weighted by Gasteiger charge is 2.24. The average molecular weight is 406 g/mol. The minimum atomic E-state index is -3.84. The number of nitro benzene ring substituents is 1. The second-order valence-corrected chi connectivity index (χ2v) is 7.97. The fourth-order valence-electron chi connectivity index (χ4n) is 2.42. The maximum atomic E-state index is 12.1. The van der Waals surface area contributed by atoms with Gasteiger partial charge >= 0.3 is 5.97 Å². The van der Waals surface area contributed by atoms with E-state index in [2.05, 4.69) is 5.32 Å². The molecule has 0 aliphatic heterocycles. The molecule has 1 atom stereocenters. The molecule has 0 saturated heterocycles. The van der Waals surface area contributed by atoms with Crippen molar-refractivity contribution in [1.82, 2.24) is 5.32 Å². The van der Waals surface area contributed by atoms with E-state index in [4.69, 9.17) is 4.74 Å². The van der Waals surface area contributed by atoms with Crippen LogP contribution in [-0.2, 0) is 19.4 Å². The zero-order valence-electron chi connectivity index (χ0n) is 15.1. The van der Waals surface area contributed by atoms with Crippen molar-refractivity contribution in [3.05, 3.63) is 69.8 Å². The summed E-state index contributed by atoms with van der Waals surface area (Å²) in [7, 11) is -3.84. The zero-order chi connectivity index (χ0) is 20.9. The summed E-state index contributed by atoms with van der Waals surface area (Å²) in [5, 5.41) is 13.7. The number of rotatable bonds is 7. The highest BCUT2D eigenvalue weighted by molar-refractivity contribution is 7.90. The van der Waals surface area contributed by atoms with Gasteiger partial charge in [-0.3, -0.25) is 14.9 Å². The Bertz CT molecular complexity index is 1000. The normalized spacial score (nSPS) is 12.1. The first-order valence-electron chi connectivity index (χ1n) is 8.09. The summed E-state index contributed by atoms with van der Waals surface area (Å²) in [5.41, 5.74) is -0.101. The van der Waals surface area contributed by atoms with Crippen LogP contribution < -0.4 is 5.32 Å². The van der Waals surface area contributed by atoms with Gasteiger partial charge in [0, 0.05) is 12.3 Å². The molecule has 0 heterocycles. The molecule has 0 aliphatic carbocycles. The molecule has 1 unspecified atom stereocenters. The van der Waals surface area contributed by atoms with Crippen molar-refractivity contribution in [2.45, 2.75) is 17.9 Å². The molecular weight excluding hydrogens is 388 g/mol. The van der Waals surface area contributed by atoms with Gasteiger partial charge in [0.25, 0.3) is 11.6 Å². The number of sulfone groups is 1. The number of carbonyl (C=O) groups excluding carboxylic acids is 2. The Morgan fingerprint density at radius 3 is 2.39 bits per heavy atom. The Labute approximate surface area is 161 Å². The fraction of sp³-hybridized carbons (Fsp3) is 0.222. The first kappa shape index (κ1) is 21.0. The van der Waals surface area contributed by atoms with Crippen molar-refractivity contribution in [3.8, 4) is 0 Å². The molecule has 0 fully saturated rings. The number of nitro groups is 1. The molecule has 0 bridgehead atoms. The van der Waals surface area contributed by atoms with E-state index in [1.165, 1.54) is 0 Å². The topological polar surface area (TPSA) is 133 Å². The summed E-state index contributed by atoms with van der Waals surface area (Å²) < 4.78 is 28.1. The van der Waals surface area contributed by atoms with Gasteiger partial charge in [0.2, 0.25) is 0 Å². The predicted octanol–water partition coefficient (Wildman–Crippen LogP) is 2.03. The van der Waals surface area contributed by atoms with E-state index in [0.717, 1.165) is 30.0 Å². The number of benzene rings is 2. The highest BCUT2D eigenvalue weighted by Crippen LogP contribution is 2.25. The van der Waals surface area contributed by atoms with Gasteiger partial charge in [0.05, 0.1) is 16.5 Å². The Morgan fingerprint density at radius 2 is 1.82 bits per heavy atom. The van der Waals surface area contributed by atoms with E-state index in [9.17, 15) is 28.1 Å². The van der Waals surface area contributed by atoms with Crippen molar-refractivity contribution in [2.75, 3.05) is 12.9 Å². The van der Waals surface area contributed by atoms with E-state index < -0.39 is 43.8 Å². The largest absolute Gasteiger partial charge is 0.452 e. The van der Waals surface area contributed by atoms with Crippen LogP contribution in [0.5, 0.6) is 0 Å². The molecule has 0 spiro atoms. The first-order valence-corrected chi connectivity index (χ1v) is 9.98. The third-order valence-electron chi connectivity index (χ3n) is 3.80. The minimum Gasteiger partial charge on any atom is -0.452 e. The lowest BCUT2D eigenvalue weighted by atomic mass is 10.1. The van der Waals surface area contributed by atoms with Crippen LogP contribution in [0.4, 0.5) is 5.69 Å². The Kier molecular flexibility index (Phi) is 6.47. The highest BCUT2D eigenvalue weighted by atomic mass is 32.2. The van der Waals surface area contributed by atoms with Gasteiger partial charge < -0.3 is 10.1 Å². The summed E-state index contributed by atoms with van der Waals surface area (Å²) in [4.78, 5) is 33.7. The number of carbonyl (C=O) groups is 2. The first-order chi connectivity index (χ1) is 13.1. The predicted molar refractivity (Wildman–Crippen MR) is 99.5 cm³/mol. The van der Waals surface area contributed by atoms with Crippen LogP contribution in [0.1, 0.15) is 28.9 Å². The molecule has 9 nitrogen and oxygen atoms in total. The maximum Gasteiger partial charge on any atom is 0.338 e. The summed E-state index contributed by atoms with van der Waals surface area (Å²) in [5.74, 6) is -1.53. The van der Waals surface area contributed by atoms with Gasteiger partial charge in [-0.25, -0.2) is 13.2 Å². The molecule has 0 saturated carbocycles. The minimum absolute atomic E-state index is 0.233. The molecule has 0 aromatic heterocycles. The van der Waals surface area contributed by atoms with E-state index in [1.54, 1.807) is 6.92 Å². The summed E-state index contributed by atoms with van der Waals surface area (Å²) in [6.07, 6.45) is 0.825. The molecule has 148 valence electrons. The molecule has 2 aromatic rings. The second kappa shape index (κ2) is 8.61. The van der Waals surface area contributed by atoms with Crippen LogP contribution in [0.2, 0.25) is 0 Å². The number of hydrogen-bond acceptors (Lipinski definition) is 7. The number of esters is 1. The fourth-order valence-corrected chi connectivity index (χ4v) is 3.25. The Hall–Kier alpha value is -3.27. The Balaban J connectivity index is 2.04. The van der Waals surface area contributed by atoms with Crippen molar-refractivity contribution in [1.29, 1.82) is 0 Å². The van der Waals surface area contributed by atoms with Crippen LogP contribution in [0.25, 0.3) is 0 Å². The lowest BCUT2D eigenvalue weighted by molar-refractivity contribution is -0.387. The van der Waals surface area contributed by atoms with Crippen LogP contribution in [-0.4, -0.2) is 38.1 Å². The number of ether oxygens (including phenoxy) is 1. The summed E-state index contributed by atoms with van der Waals surface area (Å²) in [6, 6.07) is 11.7. The van der Waals surface area contributed by atoms with E-state index in [1.807, 2.05) is 30.3 Å².